The van der Waals surface area contributed by atoms with Gasteiger partial charge in [-0.25, -0.2) is 0 Å². The monoisotopic (exact) mass is 192 g/mol. The van der Waals surface area contributed by atoms with Crippen molar-refractivity contribution < 1.29 is 5.21 Å². The van der Waals surface area contributed by atoms with Crippen LogP contribution in [0.5, 0.6) is 0 Å². The molecule has 2 aromatic rings. The molecule has 0 saturated carbocycles. The average molecular weight is 192 g/mol. The van der Waals surface area contributed by atoms with E-state index in [0.29, 0.717) is 5.65 Å². The molecule has 0 fully saturated rings. The van der Waals surface area contributed by atoms with Crippen molar-refractivity contribution in [3.05, 3.63) is 23.7 Å². The normalized spacial score (nSPS) is 12.2. The van der Waals surface area contributed by atoms with Gasteiger partial charge in [0.2, 0.25) is 11.7 Å². The lowest BCUT2D eigenvalue weighted by Crippen LogP contribution is -2.18. The van der Waals surface area contributed by atoms with Gasteiger partial charge in [-0.3, -0.25) is 0 Å². The fourth-order valence-corrected chi connectivity index (χ4v) is 1.08. The zero-order valence-electron chi connectivity index (χ0n) is 7.42. The summed E-state index contributed by atoms with van der Waals surface area (Å²) in [4.78, 5) is 0. The molecular weight excluding hydrogens is 184 g/mol. The molecule has 0 saturated heterocycles. The van der Waals surface area contributed by atoms with E-state index in [1.54, 1.807) is 12.1 Å². The first-order valence-corrected chi connectivity index (χ1v) is 3.89. The molecule has 0 aliphatic rings. The Bertz CT molecular complexity index is 502. The smallest absolute Gasteiger partial charge is 0.223 e. The maximum atomic E-state index is 8.49. The van der Waals surface area contributed by atoms with Crippen LogP contribution in [-0.4, -0.2) is 30.9 Å². The van der Waals surface area contributed by atoms with Crippen molar-refractivity contribution in [1.82, 2.24) is 19.8 Å². The second-order valence-electron chi connectivity index (χ2n) is 2.75. The van der Waals surface area contributed by atoms with E-state index in [1.165, 1.54) is 4.52 Å². The van der Waals surface area contributed by atoms with E-state index < -0.39 is 0 Å². The van der Waals surface area contributed by atoms with Crippen LogP contribution in [0, 0.1) is 6.92 Å². The summed E-state index contributed by atoms with van der Waals surface area (Å²) in [5, 5.41) is 23.0. The predicted octanol–water partition coefficient (Wildman–Crippen LogP) is -0.473. The van der Waals surface area contributed by atoms with Gasteiger partial charge in [0.25, 0.3) is 0 Å². The van der Waals surface area contributed by atoms with E-state index in [2.05, 4.69) is 20.5 Å². The fraction of sp³-hybridized carbons (Fsp3) is 0.143. The van der Waals surface area contributed by atoms with Crippen LogP contribution in [0.15, 0.2) is 17.3 Å². The van der Waals surface area contributed by atoms with Crippen LogP contribution in [-0.2, 0) is 0 Å². The molecule has 7 heteroatoms. The van der Waals surface area contributed by atoms with Gasteiger partial charge in [0, 0.05) is 0 Å². The Morgan fingerprint density at radius 1 is 1.50 bits per heavy atom. The molecule has 3 N–H and O–H groups in total. The summed E-state index contributed by atoms with van der Waals surface area (Å²) >= 11 is 0. The molecule has 2 aromatic heterocycles. The summed E-state index contributed by atoms with van der Waals surface area (Å²) in [7, 11) is 0. The lowest BCUT2D eigenvalue weighted by atomic mass is 10.4. The van der Waals surface area contributed by atoms with Gasteiger partial charge in [0.05, 0.1) is 5.69 Å². The first-order chi connectivity index (χ1) is 6.72. The zero-order valence-corrected chi connectivity index (χ0v) is 7.42. The highest BCUT2D eigenvalue weighted by Gasteiger charge is 2.10. The molecule has 2 heterocycles. The number of fused-ring (bicyclic) bond motifs is 1. The standard InChI is InChI=1S/C7H8N6O/c1-4-2-3-5-9-10-7(6(8)12-14)13(5)11-4/h2-3,14H,1H3,(H2,8,12). The SMILES string of the molecule is Cc1ccc2nnc(/C(N)=N/O)n2n1. The molecule has 72 valence electrons. The van der Waals surface area contributed by atoms with Crippen LogP contribution in [0.25, 0.3) is 5.65 Å². The number of rotatable bonds is 1. The van der Waals surface area contributed by atoms with Gasteiger partial charge in [-0.2, -0.15) is 9.61 Å². The van der Waals surface area contributed by atoms with Crippen molar-refractivity contribution in [3.8, 4) is 0 Å². The minimum absolute atomic E-state index is 0.115. The highest BCUT2D eigenvalue weighted by molar-refractivity contribution is 5.94. The molecule has 0 aliphatic heterocycles. The first-order valence-electron chi connectivity index (χ1n) is 3.89. The maximum Gasteiger partial charge on any atom is 0.223 e. The molecule has 0 amide bonds. The summed E-state index contributed by atoms with van der Waals surface area (Å²) in [6.45, 7) is 1.83. The van der Waals surface area contributed by atoms with Crippen LogP contribution in [0.1, 0.15) is 11.5 Å². The topological polar surface area (TPSA) is 102 Å². The van der Waals surface area contributed by atoms with Gasteiger partial charge < -0.3 is 10.9 Å². The Hall–Kier alpha value is -2.18. The van der Waals surface area contributed by atoms with Crippen LogP contribution in [0.3, 0.4) is 0 Å². The van der Waals surface area contributed by atoms with Gasteiger partial charge in [-0.05, 0) is 19.1 Å². The number of aryl methyl sites for hydroxylation is 1. The van der Waals surface area contributed by atoms with Gasteiger partial charge >= 0.3 is 0 Å². The number of hydrogen-bond acceptors (Lipinski definition) is 5. The molecule has 0 spiro atoms. The minimum atomic E-state index is -0.115. The number of nitrogens with two attached hydrogens (primary N) is 1. The number of oxime groups is 1. The van der Waals surface area contributed by atoms with E-state index in [9.17, 15) is 0 Å². The summed E-state index contributed by atoms with van der Waals surface area (Å²) in [5.41, 5.74) is 6.74. The largest absolute Gasteiger partial charge is 0.409 e. The third kappa shape index (κ3) is 1.15. The molecule has 7 nitrogen and oxygen atoms in total. The van der Waals surface area contributed by atoms with Crippen molar-refractivity contribution in [2.45, 2.75) is 6.92 Å². The van der Waals surface area contributed by atoms with E-state index in [1.807, 2.05) is 6.92 Å². The number of nitrogens with zero attached hydrogens (tertiary/aromatic N) is 5. The fourth-order valence-electron chi connectivity index (χ4n) is 1.08. The second kappa shape index (κ2) is 2.95. The summed E-state index contributed by atoms with van der Waals surface area (Å²) in [6, 6.07) is 3.56. The van der Waals surface area contributed by atoms with Gasteiger partial charge in [0.15, 0.2) is 5.65 Å². The summed E-state index contributed by atoms with van der Waals surface area (Å²) in [5.74, 6) is 0.113. The molecule has 14 heavy (non-hydrogen) atoms. The molecule has 0 radical (unpaired) electrons. The van der Waals surface area contributed by atoms with Crippen molar-refractivity contribution >= 4 is 11.5 Å². The van der Waals surface area contributed by atoms with Gasteiger partial charge in [-0.15, -0.1) is 10.2 Å². The minimum Gasteiger partial charge on any atom is -0.409 e. The van der Waals surface area contributed by atoms with Gasteiger partial charge in [0.1, 0.15) is 0 Å². The van der Waals surface area contributed by atoms with Crippen LogP contribution >= 0.6 is 0 Å². The van der Waals surface area contributed by atoms with E-state index in [0.717, 1.165) is 5.69 Å². The Kier molecular flexibility index (Phi) is 1.77. The Morgan fingerprint density at radius 2 is 2.29 bits per heavy atom. The molecule has 2 rings (SSSR count). The Labute approximate surface area is 78.9 Å². The molecule has 0 atom stereocenters. The Balaban J connectivity index is 2.73. The third-order valence-corrected chi connectivity index (χ3v) is 1.73. The Morgan fingerprint density at radius 3 is 3.00 bits per heavy atom. The van der Waals surface area contributed by atoms with E-state index in [4.69, 9.17) is 10.9 Å². The van der Waals surface area contributed by atoms with Crippen LogP contribution < -0.4 is 5.73 Å². The van der Waals surface area contributed by atoms with Crippen molar-refractivity contribution in [2.75, 3.05) is 0 Å². The average Bonchev–Trinajstić information content (AvgIpc) is 2.59. The highest BCUT2D eigenvalue weighted by Crippen LogP contribution is 2.02. The first kappa shape index (κ1) is 8.42. The number of amidine groups is 1. The lowest BCUT2D eigenvalue weighted by Gasteiger charge is -1.96. The maximum absolute atomic E-state index is 8.49. The quantitative estimate of drug-likeness (QED) is 0.275. The molecule has 0 bridgehead atoms. The number of hydrogen-bond donors (Lipinski definition) is 2. The van der Waals surface area contributed by atoms with E-state index >= 15 is 0 Å². The van der Waals surface area contributed by atoms with E-state index in [-0.39, 0.29) is 11.7 Å². The lowest BCUT2D eigenvalue weighted by molar-refractivity contribution is 0.318. The summed E-state index contributed by atoms with van der Waals surface area (Å²) < 4.78 is 1.42. The predicted molar refractivity (Wildman–Crippen MR) is 48.0 cm³/mol. The van der Waals surface area contributed by atoms with Crippen molar-refractivity contribution in [3.63, 3.8) is 0 Å². The van der Waals surface area contributed by atoms with Crippen LogP contribution in [0.4, 0.5) is 0 Å². The number of aromatic nitrogens is 4. The molecule has 0 unspecified atom stereocenters. The van der Waals surface area contributed by atoms with Crippen LogP contribution in [0.2, 0.25) is 0 Å². The third-order valence-electron chi connectivity index (χ3n) is 1.73. The van der Waals surface area contributed by atoms with Gasteiger partial charge in [-0.1, -0.05) is 5.16 Å². The molecule has 0 aromatic carbocycles. The highest BCUT2D eigenvalue weighted by atomic mass is 16.4. The van der Waals surface area contributed by atoms with Crippen molar-refractivity contribution in [2.24, 2.45) is 10.9 Å². The molecular formula is C7H8N6O. The summed E-state index contributed by atoms with van der Waals surface area (Å²) in [6.07, 6.45) is 0. The zero-order chi connectivity index (χ0) is 10.1. The molecule has 0 aliphatic carbocycles. The van der Waals surface area contributed by atoms with Crippen molar-refractivity contribution in [1.29, 1.82) is 0 Å². The second-order valence-corrected chi connectivity index (χ2v) is 2.75.